The lowest BCUT2D eigenvalue weighted by Gasteiger charge is -2.16. The van der Waals surface area contributed by atoms with E-state index in [2.05, 4.69) is 10.3 Å². The van der Waals surface area contributed by atoms with Crippen LogP contribution in [0.25, 0.3) is 10.9 Å². The Balaban J connectivity index is 1.86. The molecule has 20 heavy (non-hydrogen) atoms. The molecule has 3 rings (SSSR count). The van der Waals surface area contributed by atoms with Gasteiger partial charge in [-0.25, -0.2) is 4.98 Å². The van der Waals surface area contributed by atoms with Gasteiger partial charge in [0.2, 0.25) is 0 Å². The van der Waals surface area contributed by atoms with Gasteiger partial charge in [-0.05, 0) is 36.8 Å². The third-order valence-electron chi connectivity index (χ3n) is 3.22. The average Bonchev–Trinajstić information content (AvgIpc) is 3.01. The first-order valence-electron chi connectivity index (χ1n) is 6.63. The minimum Gasteiger partial charge on any atom is -0.467 e. The van der Waals surface area contributed by atoms with Crippen molar-refractivity contribution in [2.24, 2.45) is 0 Å². The molecule has 0 spiro atoms. The number of para-hydroxylation sites is 1. The van der Waals surface area contributed by atoms with E-state index < -0.39 is 0 Å². The molecule has 102 valence electrons. The van der Waals surface area contributed by atoms with Crippen molar-refractivity contribution < 1.29 is 9.52 Å². The summed E-state index contributed by atoms with van der Waals surface area (Å²) in [5, 5.41) is 13.6. The largest absolute Gasteiger partial charge is 0.467 e. The molecule has 1 unspecified atom stereocenters. The zero-order valence-electron chi connectivity index (χ0n) is 11.0. The predicted molar refractivity (Wildman–Crippen MR) is 78.5 cm³/mol. The van der Waals surface area contributed by atoms with Crippen LogP contribution in [0, 0.1) is 0 Å². The first-order chi connectivity index (χ1) is 9.86. The van der Waals surface area contributed by atoms with Crippen LogP contribution in [-0.4, -0.2) is 16.7 Å². The summed E-state index contributed by atoms with van der Waals surface area (Å²) in [7, 11) is 0. The number of hydrogen-bond donors (Lipinski definition) is 2. The molecule has 0 saturated carbocycles. The molecule has 0 radical (unpaired) electrons. The quantitative estimate of drug-likeness (QED) is 0.745. The van der Waals surface area contributed by atoms with E-state index in [0.717, 1.165) is 22.5 Å². The van der Waals surface area contributed by atoms with Crippen LogP contribution >= 0.6 is 0 Å². The molecule has 0 bridgehead atoms. The maximum Gasteiger partial charge on any atom is 0.127 e. The Morgan fingerprint density at radius 1 is 1.10 bits per heavy atom. The molecule has 0 aliphatic heterocycles. The van der Waals surface area contributed by atoms with Crippen LogP contribution in [0.4, 0.5) is 5.82 Å². The highest BCUT2D eigenvalue weighted by molar-refractivity contribution is 5.80. The predicted octanol–water partition coefficient (Wildman–Crippen LogP) is 3.36. The monoisotopic (exact) mass is 268 g/mol. The Morgan fingerprint density at radius 3 is 2.80 bits per heavy atom. The zero-order chi connectivity index (χ0) is 13.8. The summed E-state index contributed by atoms with van der Waals surface area (Å²) in [5.74, 6) is 1.58. The van der Waals surface area contributed by atoms with Gasteiger partial charge >= 0.3 is 0 Å². The third-order valence-corrected chi connectivity index (χ3v) is 3.22. The van der Waals surface area contributed by atoms with Crippen molar-refractivity contribution in [2.75, 3.05) is 11.9 Å². The van der Waals surface area contributed by atoms with Crippen LogP contribution in [-0.2, 0) is 0 Å². The Hall–Kier alpha value is -2.33. The number of rotatable bonds is 5. The summed E-state index contributed by atoms with van der Waals surface area (Å²) in [6, 6.07) is 15.6. The zero-order valence-corrected chi connectivity index (χ0v) is 11.0. The molecule has 4 nitrogen and oxygen atoms in total. The Morgan fingerprint density at radius 2 is 2.00 bits per heavy atom. The van der Waals surface area contributed by atoms with Crippen LogP contribution in [0.3, 0.4) is 0 Å². The van der Waals surface area contributed by atoms with E-state index in [0.29, 0.717) is 6.42 Å². The van der Waals surface area contributed by atoms with Crippen molar-refractivity contribution in [3.8, 4) is 0 Å². The van der Waals surface area contributed by atoms with Gasteiger partial charge in [-0.3, -0.25) is 0 Å². The van der Waals surface area contributed by atoms with E-state index in [1.807, 2.05) is 48.5 Å². The Bertz CT molecular complexity index is 680. The second-order valence-electron chi connectivity index (χ2n) is 4.61. The SMILES string of the molecule is OCCC(Nc1ccc2ccccc2n1)c1ccco1. The smallest absolute Gasteiger partial charge is 0.127 e. The normalized spacial score (nSPS) is 12.4. The number of pyridine rings is 1. The van der Waals surface area contributed by atoms with Crippen molar-refractivity contribution in [3.05, 3.63) is 60.6 Å². The molecule has 3 aromatic rings. The molecule has 2 aromatic heterocycles. The van der Waals surface area contributed by atoms with Crippen LogP contribution < -0.4 is 5.32 Å². The summed E-state index contributed by atoms with van der Waals surface area (Å²) < 4.78 is 5.41. The molecule has 4 heteroatoms. The van der Waals surface area contributed by atoms with E-state index >= 15 is 0 Å². The van der Waals surface area contributed by atoms with E-state index in [4.69, 9.17) is 4.42 Å². The first-order valence-corrected chi connectivity index (χ1v) is 6.63. The van der Waals surface area contributed by atoms with Gasteiger partial charge < -0.3 is 14.8 Å². The van der Waals surface area contributed by atoms with Crippen LogP contribution in [0.2, 0.25) is 0 Å². The van der Waals surface area contributed by atoms with Crippen LogP contribution in [0.15, 0.2) is 59.2 Å². The molecular formula is C16H16N2O2. The fourth-order valence-electron chi connectivity index (χ4n) is 2.23. The van der Waals surface area contributed by atoms with Gasteiger partial charge in [-0.1, -0.05) is 18.2 Å². The average molecular weight is 268 g/mol. The maximum absolute atomic E-state index is 9.18. The number of hydrogen-bond acceptors (Lipinski definition) is 4. The molecule has 0 fully saturated rings. The van der Waals surface area contributed by atoms with E-state index in [1.165, 1.54) is 0 Å². The molecule has 1 atom stereocenters. The van der Waals surface area contributed by atoms with Gasteiger partial charge in [0, 0.05) is 12.0 Å². The second kappa shape index (κ2) is 5.75. The highest BCUT2D eigenvalue weighted by atomic mass is 16.3. The number of benzene rings is 1. The van der Waals surface area contributed by atoms with Gasteiger partial charge in [0.05, 0.1) is 17.8 Å². The lowest BCUT2D eigenvalue weighted by molar-refractivity contribution is 0.273. The van der Waals surface area contributed by atoms with Crippen molar-refractivity contribution in [3.63, 3.8) is 0 Å². The molecule has 2 N–H and O–H groups in total. The maximum atomic E-state index is 9.18. The molecule has 0 aliphatic carbocycles. The number of anilines is 1. The molecule has 1 aromatic carbocycles. The number of fused-ring (bicyclic) bond motifs is 1. The van der Waals surface area contributed by atoms with E-state index in [9.17, 15) is 5.11 Å². The minimum atomic E-state index is -0.0799. The lowest BCUT2D eigenvalue weighted by Crippen LogP contribution is -2.12. The van der Waals surface area contributed by atoms with Gasteiger partial charge in [-0.2, -0.15) is 0 Å². The van der Waals surface area contributed by atoms with Gasteiger partial charge in [-0.15, -0.1) is 0 Å². The van der Waals surface area contributed by atoms with Crippen molar-refractivity contribution in [2.45, 2.75) is 12.5 Å². The van der Waals surface area contributed by atoms with Crippen molar-refractivity contribution in [1.29, 1.82) is 0 Å². The topological polar surface area (TPSA) is 58.3 Å². The van der Waals surface area contributed by atoms with Gasteiger partial charge in [0.15, 0.2) is 0 Å². The Kier molecular flexibility index (Phi) is 3.65. The number of aliphatic hydroxyl groups is 1. The van der Waals surface area contributed by atoms with Crippen LogP contribution in [0.5, 0.6) is 0 Å². The fraction of sp³-hybridized carbons (Fsp3) is 0.188. The van der Waals surface area contributed by atoms with Crippen LogP contribution in [0.1, 0.15) is 18.2 Å². The first kappa shape index (κ1) is 12.7. The van der Waals surface area contributed by atoms with Crippen molar-refractivity contribution in [1.82, 2.24) is 4.98 Å². The van der Waals surface area contributed by atoms with Crippen molar-refractivity contribution >= 4 is 16.7 Å². The van der Waals surface area contributed by atoms with E-state index in [1.54, 1.807) is 6.26 Å². The highest BCUT2D eigenvalue weighted by Gasteiger charge is 2.14. The number of aromatic nitrogens is 1. The minimum absolute atomic E-state index is 0.0799. The third kappa shape index (κ3) is 2.65. The summed E-state index contributed by atoms with van der Waals surface area (Å²) in [4.78, 5) is 4.57. The fourth-order valence-corrected chi connectivity index (χ4v) is 2.23. The number of furan rings is 1. The summed E-state index contributed by atoms with van der Waals surface area (Å²) in [6.07, 6.45) is 2.21. The van der Waals surface area contributed by atoms with Gasteiger partial charge in [0.25, 0.3) is 0 Å². The molecular weight excluding hydrogens is 252 g/mol. The number of nitrogens with one attached hydrogen (secondary N) is 1. The van der Waals surface area contributed by atoms with Gasteiger partial charge in [0.1, 0.15) is 11.6 Å². The summed E-state index contributed by atoms with van der Waals surface area (Å²) in [6.45, 7) is 0.0892. The second-order valence-corrected chi connectivity index (χ2v) is 4.61. The number of aliphatic hydroxyl groups excluding tert-OH is 1. The molecule has 0 aliphatic rings. The highest BCUT2D eigenvalue weighted by Crippen LogP contribution is 2.23. The summed E-state index contributed by atoms with van der Waals surface area (Å²) in [5.41, 5.74) is 0.944. The standard InChI is InChI=1S/C16H16N2O2/c19-10-9-14(15-6-3-11-20-15)18-16-8-7-12-4-1-2-5-13(12)17-16/h1-8,11,14,19H,9-10H2,(H,17,18). The van der Waals surface area contributed by atoms with E-state index in [-0.39, 0.29) is 12.6 Å². The molecule has 0 saturated heterocycles. The Labute approximate surface area is 117 Å². The summed E-state index contributed by atoms with van der Waals surface area (Å²) >= 11 is 0. The lowest BCUT2D eigenvalue weighted by atomic mass is 10.1. The molecule has 2 heterocycles. The molecule has 0 amide bonds. The number of nitrogens with zero attached hydrogens (tertiary/aromatic N) is 1.